The van der Waals surface area contributed by atoms with Crippen molar-refractivity contribution in [2.45, 2.75) is 50.2 Å². The molecule has 3 heteroatoms. The van der Waals surface area contributed by atoms with E-state index in [9.17, 15) is 9.90 Å². The second-order valence-electron chi connectivity index (χ2n) is 8.27. The Hall–Kier alpha value is -1.97. The van der Waals surface area contributed by atoms with Crippen LogP contribution in [0.25, 0.3) is 0 Å². The molecule has 0 bridgehead atoms. The first-order chi connectivity index (χ1) is 13.2. The summed E-state index contributed by atoms with van der Waals surface area (Å²) in [7, 11) is 0. The number of rotatable bonds is 4. The minimum absolute atomic E-state index is 0.0787. The predicted octanol–water partition coefficient (Wildman–Crippen LogP) is 2.99. The van der Waals surface area contributed by atoms with Gasteiger partial charge in [0.2, 0.25) is 0 Å². The van der Waals surface area contributed by atoms with Gasteiger partial charge in [0.15, 0.2) is 5.78 Å². The van der Waals surface area contributed by atoms with Crippen LogP contribution in [0.3, 0.4) is 0 Å². The summed E-state index contributed by atoms with van der Waals surface area (Å²) in [5.41, 5.74) is 0.510. The molecule has 1 unspecified atom stereocenters. The second-order valence-corrected chi connectivity index (χ2v) is 8.27. The lowest BCUT2D eigenvalue weighted by Gasteiger charge is -2.45. The van der Waals surface area contributed by atoms with Gasteiger partial charge in [-0.05, 0) is 31.2 Å². The largest absolute Gasteiger partial charge is 0.384 e. The number of carbonyl (C=O) groups excluding carboxylic acids is 1. The minimum atomic E-state index is -1.08. The Labute approximate surface area is 162 Å². The quantitative estimate of drug-likeness (QED) is 0.819. The van der Waals surface area contributed by atoms with E-state index in [1.54, 1.807) is 0 Å². The average Bonchev–Trinajstić information content (AvgIpc) is 2.75. The number of benzene rings is 2. The number of quaternary nitrogens is 1. The fourth-order valence-corrected chi connectivity index (χ4v) is 5.13. The molecule has 1 saturated heterocycles. The van der Waals surface area contributed by atoms with E-state index in [1.165, 1.54) is 37.0 Å². The Morgan fingerprint density at radius 2 is 1.56 bits per heavy atom. The van der Waals surface area contributed by atoms with Crippen LogP contribution < -0.4 is 4.90 Å². The zero-order valence-corrected chi connectivity index (χ0v) is 15.9. The van der Waals surface area contributed by atoms with Crippen molar-refractivity contribution in [2.24, 2.45) is 5.92 Å². The van der Waals surface area contributed by atoms with Crippen molar-refractivity contribution in [3.8, 4) is 0 Å². The monoisotopic (exact) mass is 364 g/mol. The number of ketones is 1. The van der Waals surface area contributed by atoms with Crippen molar-refractivity contribution in [2.75, 3.05) is 13.1 Å². The van der Waals surface area contributed by atoms with E-state index in [4.69, 9.17) is 0 Å². The van der Waals surface area contributed by atoms with Crippen molar-refractivity contribution in [1.82, 2.24) is 0 Å². The number of carbonyl (C=O) groups is 1. The van der Waals surface area contributed by atoms with Gasteiger partial charge in [-0.25, -0.2) is 0 Å². The van der Waals surface area contributed by atoms with Gasteiger partial charge < -0.3 is 10.0 Å². The number of hydrogen-bond acceptors (Lipinski definition) is 2. The summed E-state index contributed by atoms with van der Waals surface area (Å²) in [4.78, 5) is 15.0. The number of nitrogens with one attached hydrogen (secondary N) is 1. The van der Waals surface area contributed by atoms with Crippen LogP contribution in [0, 0.1) is 5.92 Å². The smallest absolute Gasteiger partial charge is 0.174 e. The number of piperidine rings is 1. The maximum atomic E-state index is 13.4. The van der Waals surface area contributed by atoms with E-state index in [0.29, 0.717) is 18.0 Å². The normalized spacial score (nSPS) is 29.4. The summed E-state index contributed by atoms with van der Waals surface area (Å²) in [6.07, 6.45) is 7.09. The maximum absolute atomic E-state index is 13.4. The van der Waals surface area contributed by atoms with Gasteiger partial charge in [-0.2, -0.15) is 0 Å². The topological polar surface area (TPSA) is 41.7 Å². The highest BCUT2D eigenvalue weighted by Crippen LogP contribution is 2.36. The molecule has 1 saturated carbocycles. The zero-order valence-electron chi connectivity index (χ0n) is 15.9. The van der Waals surface area contributed by atoms with Gasteiger partial charge in [0.1, 0.15) is 11.5 Å². The molecule has 3 atom stereocenters. The van der Waals surface area contributed by atoms with Crippen LogP contribution in [0.2, 0.25) is 0 Å². The predicted molar refractivity (Wildman–Crippen MR) is 107 cm³/mol. The molecule has 1 aliphatic heterocycles. The molecule has 0 aromatic heterocycles. The van der Waals surface area contributed by atoms with Gasteiger partial charge in [-0.1, -0.05) is 67.1 Å². The number of hydrogen-bond donors (Lipinski definition) is 2. The molecular weight excluding hydrogens is 334 g/mol. The summed E-state index contributed by atoms with van der Waals surface area (Å²) in [5.74, 6) is -0.317. The van der Waals surface area contributed by atoms with Crippen LogP contribution in [0.4, 0.5) is 0 Å². The third kappa shape index (κ3) is 3.71. The summed E-state index contributed by atoms with van der Waals surface area (Å²) in [6, 6.07) is 20.0. The Kier molecular flexibility index (Phi) is 5.42. The van der Waals surface area contributed by atoms with Crippen LogP contribution in [-0.4, -0.2) is 30.0 Å². The highest BCUT2D eigenvalue weighted by molar-refractivity contribution is 5.98. The fraction of sp³-hybridized carbons (Fsp3) is 0.458. The lowest BCUT2D eigenvalue weighted by atomic mass is 9.72. The maximum Gasteiger partial charge on any atom is 0.174 e. The first-order valence-corrected chi connectivity index (χ1v) is 10.4. The van der Waals surface area contributed by atoms with Gasteiger partial charge in [0, 0.05) is 12.0 Å². The third-order valence-electron chi connectivity index (χ3n) is 6.70. The summed E-state index contributed by atoms with van der Waals surface area (Å²) >= 11 is 0. The zero-order chi connectivity index (χ0) is 18.7. The van der Waals surface area contributed by atoms with Crippen LogP contribution in [0.15, 0.2) is 60.7 Å². The van der Waals surface area contributed by atoms with E-state index < -0.39 is 11.5 Å². The highest BCUT2D eigenvalue weighted by Gasteiger charge is 2.50. The van der Waals surface area contributed by atoms with Gasteiger partial charge in [-0.3, -0.25) is 4.79 Å². The van der Waals surface area contributed by atoms with Crippen molar-refractivity contribution in [1.29, 1.82) is 0 Å². The number of aliphatic hydroxyl groups is 1. The molecule has 0 spiro atoms. The lowest BCUT2D eigenvalue weighted by Crippen LogP contribution is -3.18. The Morgan fingerprint density at radius 1 is 0.926 bits per heavy atom. The first kappa shape index (κ1) is 18.4. The van der Waals surface area contributed by atoms with Gasteiger partial charge >= 0.3 is 0 Å². The minimum Gasteiger partial charge on any atom is -0.384 e. The molecular formula is C24H30NO2+. The van der Waals surface area contributed by atoms with Gasteiger partial charge in [0.05, 0.1) is 19.1 Å². The lowest BCUT2D eigenvalue weighted by molar-refractivity contribution is -0.936. The van der Waals surface area contributed by atoms with Crippen LogP contribution in [0.5, 0.6) is 0 Å². The summed E-state index contributed by atoms with van der Waals surface area (Å²) < 4.78 is 0. The van der Waals surface area contributed by atoms with Crippen molar-refractivity contribution in [3.63, 3.8) is 0 Å². The Bertz CT molecular complexity index is 754. The highest BCUT2D eigenvalue weighted by atomic mass is 16.3. The van der Waals surface area contributed by atoms with Crippen LogP contribution >= 0.6 is 0 Å². The third-order valence-corrected chi connectivity index (χ3v) is 6.70. The van der Waals surface area contributed by atoms with Gasteiger partial charge in [-0.15, -0.1) is 0 Å². The van der Waals surface area contributed by atoms with E-state index >= 15 is 0 Å². The van der Waals surface area contributed by atoms with Crippen molar-refractivity contribution < 1.29 is 14.8 Å². The molecule has 0 amide bonds. The van der Waals surface area contributed by atoms with E-state index in [1.807, 2.05) is 60.7 Å². The summed E-state index contributed by atoms with van der Waals surface area (Å²) in [6.45, 7) is 1.67. The summed E-state index contributed by atoms with van der Waals surface area (Å²) in [5, 5.41) is 11.7. The second kappa shape index (κ2) is 7.95. The average molecular weight is 365 g/mol. The number of Topliss-reactive ketones (excluding diaryl/α,β-unsaturated/α-hetero) is 1. The molecule has 2 aromatic carbocycles. The van der Waals surface area contributed by atoms with E-state index in [2.05, 4.69) is 0 Å². The van der Waals surface area contributed by atoms with Crippen molar-refractivity contribution >= 4 is 5.78 Å². The molecule has 27 heavy (non-hydrogen) atoms. The van der Waals surface area contributed by atoms with Gasteiger partial charge in [0.25, 0.3) is 0 Å². The molecule has 3 nitrogen and oxygen atoms in total. The molecule has 1 heterocycles. The number of likely N-dealkylation sites (tertiary alicyclic amines) is 1. The first-order valence-electron chi connectivity index (χ1n) is 10.4. The molecule has 2 fully saturated rings. The Morgan fingerprint density at radius 3 is 2.22 bits per heavy atom. The molecule has 1 aliphatic carbocycles. The van der Waals surface area contributed by atoms with Crippen LogP contribution in [-0.2, 0) is 5.60 Å². The SMILES string of the molecule is O=C(c1ccccc1)[C@@H]1C[NH+](C2CCCCC2)CC[C@]1(O)c1ccccc1. The van der Waals surface area contributed by atoms with Crippen molar-refractivity contribution in [3.05, 3.63) is 71.8 Å². The van der Waals surface area contributed by atoms with Crippen LogP contribution in [0.1, 0.15) is 54.4 Å². The molecule has 2 aliphatic rings. The standard InChI is InChI=1S/C24H29NO2/c26-23(19-10-4-1-5-11-19)22-18-25(21-14-8-3-9-15-21)17-16-24(22,27)20-12-6-2-7-13-20/h1-2,4-7,10-13,21-22,27H,3,8-9,14-18H2/p+1/t22-,24-/m0/s1. The molecule has 2 aromatic rings. The van der Waals surface area contributed by atoms with E-state index in [-0.39, 0.29) is 5.78 Å². The molecule has 142 valence electrons. The molecule has 0 radical (unpaired) electrons. The Balaban J connectivity index is 1.66. The molecule has 4 rings (SSSR count). The fourth-order valence-electron chi connectivity index (χ4n) is 5.13. The van der Waals surface area contributed by atoms with E-state index in [0.717, 1.165) is 18.7 Å². The molecule has 2 N–H and O–H groups in total.